The molecule has 0 bridgehead atoms. The van der Waals surface area contributed by atoms with Gasteiger partial charge in [-0.15, -0.1) is 0 Å². The van der Waals surface area contributed by atoms with Crippen molar-refractivity contribution in [2.24, 2.45) is 0 Å². The smallest absolute Gasteiger partial charge is 0.314 e. The monoisotopic (exact) mass is 326 g/mol. The third kappa shape index (κ3) is 3.65. The van der Waals surface area contributed by atoms with Crippen molar-refractivity contribution in [2.45, 2.75) is 13.8 Å². The van der Waals surface area contributed by atoms with Gasteiger partial charge in [-0.2, -0.15) is 0 Å². The van der Waals surface area contributed by atoms with Crippen LogP contribution in [0, 0.1) is 13.8 Å². The van der Waals surface area contributed by atoms with E-state index in [1.165, 1.54) is 0 Å². The Balaban J connectivity index is 1.67. The Hall–Kier alpha value is -3.02. The molecule has 124 valence electrons. The van der Waals surface area contributed by atoms with Crippen molar-refractivity contribution in [1.29, 1.82) is 0 Å². The van der Waals surface area contributed by atoms with Crippen molar-refractivity contribution in [2.75, 3.05) is 23.8 Å². The van der Waals surface area contributed by atoms with Crippen molar-refractivity contribution >= 4 is 23.2 Å². The first-order valence-corrected chi connectivity index (χ1v) is 7.61. The standard InChI is InChI=1S/C18H18N2O4/c1-11-7-12(2)9-14(8-11)20-18(22)17(21)19-13-3-4-15-16(10-13)24-6-5-23-15/h3-4,7-10H,5-6H2,1-2H3,(H,19,21)(H,20,22). The average molecular weight is 326 g/mol. The summed E-state index contributed by atoms with van der Waals surface area (Å²) in [5, 5.41) is 5.15. The molecule has 0 saturated heterocycles. The molecule has 0 saturated carbocycles. The molecule has 24 heavy (non-hydrogen) atoms. The lowest BCUT2D eigenvalue weighted by atomic mass is 10.1. The van der Waals surface area contributed by atoms with Crippen LogP contribution >= 0.6 is 0 Å². The molecule has 6 heteroatoms. The molecule has 1 aliphatic heterocycles. The third-order valence-corrected chi connectivity index (χ3v) is 3.49. The van der Waals surface area contributed by atoms with Crippen molar-refractivity contribution < 1.29 is 19.1 Å². The van der Waals surface area contributed by atoms with Crippen LogP contribution in [0.25, 0.3) is 0 Å². The van der Waals surface area contributed by atoms with Crippen LogP contribution in [0.4, 0.5) is 11.4 Å². The number of ether oxygens (including phenoxy) is 2. The highest BCUT2D eigenvalue weighted by molar-refractivity contribution is 6.43. The zero-order valence-electron chi connectivity index (χ0n) is 13.5. The first kappa shape index (κ1) is 15.9. The SMILES string of the molecule is Cc1cc(C)cc(NC(=O)C(=O)Nc2ccc3c(c2)OCCO3)c1. The number of carbonyl (C=O) groups excluding carboxylic acids is 2. The Bertz CT molecular complexity index is 781. The summed E-state index contributed by atoms with van der Waals surface area (Å²) in [6.45, 7) is 4.81. The number of aryl methyl sites for hydroxylation is 2. The van der Waals surface area contributed by atoms with Crippen LogP contribution in [0.15, 0.2) is 36.4 Å². The Kier molecular flexibility index (Phi) is 4.37. The van der Waals surface area contributed by atoms with E-state index in [9.17, 15) is 9.59 Å². The largest absolute Gasteiger partial charge is 0.486 e. The number of carbonyl (C=O) groups is 2. The van der Waals surface area contributed by atoms with Crippen LogP contribution in [-0.2, 0) is 9.59 Å². The van der Waals surface area contributed by atoms with E-state index < -0.39 is 11.8 Å². The normalized spacial score (nSPS) is 12.4. The fourth-order valence-electron chi connectivity index (χ4n) is 2.54. The molecular formula is C18H18N2O4. The molecule has 2 aromatic carbocycles. The Morgan fingerprint density at radius 2 is 1.38 bits per heavy atom. The molecule has 6 nitrogen and oxygen atoms in total. The van der Waals surface area contributed by atoms with Crippen LogP contribution in [0.1, 0.15) is 11.1 Å². The Morgan fingerprint density at radius 3 is 2.04 bits per heavy atom. The quantitative estimate of drug-likeness (QED) is 0.832. The van der Waals surface area contributed by atoms with Gasteiger partial charge in [-0.3, -0.25) is 9.59 Å². The maximum Gasteiger partial charge on any atom is 0.314 e. The number of nitrogens with one attached hydrogen (secondary N) is 2. The van der Waals surface area contributed by atoms with Gasteiger partial charge in [0.25, 0.3) is 0 Å². The predicted octanol–water partition coefficient (Wildman–Crippen LogP) is 2.65. The summed E-state index contributed by atoms with van der Waals surface area (Å²) in [6, 6.07) is 10.6. The fourth-order valence-corrected chi connectivity index (χ4v) is 2.54. The maximum absolute atomic E-state index is 12.1. The molecule has 3 rings (SSSR count). The van der Waals surface area contributed by atoms with E-state index in [2.05, 4.69) is 10.6 Å². The van der Waals surface area contributed by atoms with E-state index in [4.69, 9.17) is 9.47 Å². The number of rotatable bonds is 2. The van der Waals surface area contributed by atoms with E-state index in [0.29, 0.717) is 36.1 Å². The third-order valence-electron chi connectivity index (χ3n) is 3.49. The second-order valence-corrected chi connectivity index (χ2v) is 5.64. The molecule has 0 radical (unpaired) electrons. The van der Waals surface area contributed by atoms with E-state index in [1.807, 2.05) is 32.0 Å². The summed E-state index contributed by atoms with van der Waals surface area (Å²) in [7, 11) is 0. The van der Waals surface area contributed by atoms with Gasteiger partial charge >= 0.3 is 11.8 Å². The highest BCUT2D eigenvalue weighted by atomic mass is 16.6. The van der Waals surface area contributed by atoms with Crippen LogP contribution in [0.3, 0.4) is 0 Å². The van der Waals surface area contributed by atoms with Crippen LogP contribution in [0.5, 0.6) is 11.5 Å². The average Bonchev–Trinajstić information content (AvgIpc) is 2.53. The van der Waals surface area contributed by atoms with E-state index in [-0.39, 0.29) is 0 Å². The van der Waals surface area contributed by atoms with Crippen molar-refractivity contribution in [3.63, 3.8) is 0 Å². The molecule has 2 aromatic rings. The minimum absolute atomic E-state index is 0.456. The lowest BCUT2D eigenvalue weighted by molar-refractivity contribution is -0.133. The zero-order valence-corrected chi connectivity index (χ0v) is 13.5. The summed E-state index contributed by atoms with van der Waals surface area (Å²) >= 11 is 0. The molecule has 0 fully saturated rings. The molecule has 2 amide bonds. The summed E-state index contributed by atoms with van der Waals surface area (Å²) in [4.78, 5) is 24.1. The molecular weight excluding hydrogens is 308 g/mol. The number of fused-ring (bicyclic) bond motifs is 1. The minimum Gasteiger partial charge on any atom is -0.486 e. The minimum atomic E-state index is -0.745. The maximum atomic E-state index is 12.1. The number of hydrogen-bond acceptors (Lipinski definition) is 4. The topological polar surface area (TPSA) is 76.7 Å². The van der Waals surface area contributed by atoms with E-state index in [1.54, 1.807) is 18.2 Å². The van der Waals surface area contributed by atoms with Gasteiger partial charge in [0, 0.05) is 17.4 Å². The van der Waals surface area contributed by atoms with Crippen LogP contribution in [0.2, 0.25) is 0 Å². The number of anilines is 2. The number of benzene rings is 2. The zero-order chi connectivity index (χ0) is 17.1. The molecule has 2 N–H and O–H groups in total. The molecule has 0 spiro atoms. The predicted molar refractivity (Wildman–Crippen MR) is 90.6 cm³/mol. The summed E-state index contributed by atoms with van der Waals surface area (Å²) < 4.78 is 10.9. The van der Waals surface area contributed by atoms with Crippen LogP contribution < -0.4 is 20.1 Å². The van der Waals surface area contributed by atoms with Crippen molar-refractivity contribution in [1.82, 2.24) is 0 Å². The second kappa shape index (κ2) is 6.62. The van der Waals surface area contributed by atoms with Gasteiger partial charge in [-0.1, -0.05) is 6.07 Å². The number of amides is 2. The summed E-state index contributed by atoms with van der Waals surface area (Å²) in [5.41, 5.74) is 3.09. The van der Waals surface area contributed by atoms with Gasteiger partial charge in [0.05, 0.1) is 0 Å². The van der Waals surface area contributed by atoms with Gasteiger partial charge in [0.2, 0.25) is 0 Å². The fraction of sp³-hybridized carbons (Fsp3) is 0.222. The Labute approximate surface area is 139 Å². The van der Waals surface area contributed by atoms with Gasteiger partial charge in [0.1, 0.15) is 13.2 Å². The highest BCUT2D eigenvalue weighted by Gasteiger charge is 2.17. The molecule has 0 aliphatic carbocycles. The number of hydrogen-bond donors (Lipinski definition) is 2. The first-order valence-electron chi connectivity index (χ1n) is 7.61. The summed E-state index contributed by atoms with van der Waals surface area (Å²) in [6.07, 6.45) is 0. The lowest BCUT2D eigenvalue weighted by Crippen LogP contribution is -2.29. The van der Waals surface area contributed by atoms with Crippen LogP contribution in [-0.4, -0.2) is 25.0 Å². The Morgan fingerprint density at radius 1 is 0.792 bits per heavy atom. The van der Waals surface area contributed by atoms with Crippen molar-refractivity contribution in [3.05, 3.63) is 47.5 Å². The molecule has 0 unspecified atom stereocenters. The highest BCUT2D eigenvalue weighted by Crippen LogP contribution is 2.32. The lowest BCUT2D eigenvalue weighted by Gasteiger charge is -2.18. The van der Waals surface area contributed by atoms with E-state index >= 15 is 0 Å². The van der Waals surface area contributed by atoms with Gasteiger partial charge < -0.3 is 20.1 Å². The van der Waals surface area contributed by atoms with Gasteiger partial charge in [-0.05, 0) is 49.2 Å². The molecule has 0 aromatic heterocycles. The second-order valence-electron chi connectivity index (χ2n) is 5.64. The van der Waals surface area contributed by atoms with Gasteiger partial charge in [0.15, 0.2) is 11.5 Å². The summed E-state index contributed by atoms with van der Waals surface area (Å²) in [5.74, 6) is -0.298. The molecule has 1 aliphatic rings. The van der Waals surface area contributed by atoms with Gasteiger partial charge in [-0.25, -0.2) is 0 Å². The first-order chi connectivity index (χ1) is 11.5. The molecule has 0 atom stereocenters. The van der Waals surface area contributed by atoms with Crippen molar-refractivity contribution in [3.8, 4) is 11.5 Å². The molecule has 1 heterocycles. The van der Waals surface area contributed by atoms with E-state index in [0.717, 1.165) is 11.1 Å².